The zero-order valence-electron chi connectivity index (χ0n) is 22.7. The van der Waals surface area contributed by atoms with Gasteiger partial charge in [-0.1, -0.05) is 0 Å². The minimum absolute atomic E-state index is 0.0893. The second kappa shape index (κ2) is 12.6. The first-order valence-electron chi connectivity index (χ1n) is 12.5. The van der Waals surface area contributed by atoms with Crippen molar-refractivity contribution >= 4 is 23.2 Å². The van der Waals surface area contributed by atoms with E-state index in [4.69, 9.17) is 30.9 Å². The highest BCUT2D eigenvalue weighted by molar-refractivity contribution is 6.28. The number of imidazole rings is 2. The minimum Gasteiger partial charge on any atom is -0.508 e. The van der Waals surface area contributed by atoms with Gasteiger partial charge in [0.2, 0.25) is 0 Å². The summed E-state index contributed by atoms with van der Waals surface area (Å²) < 4.78 is 44.2. The van der Waals surface area contributed by atoms with Crippen LogP contribution in [0.1, 0.15) is 13.8 Å². The molecule has 43 heavy (non-hydrogen) atoms. The predicted molar refractivity (Wildman–Crippen MR) is 146 cm³/mol. The van der Waals surface area contributed by atoms with Crippen LogP contribution in [0.3, 0.4) is 0 Å². The van der Waals surface area contributed by atoms with E-state index < -0.39 is 15.4 Å². The van der Waals surface area contributed by atoms with Gasteiger partial charge in [-0.25, -0.2) is 8.78 Å². The maximum Gasteiger partial charge on any atom is 0.415 e. The Bertz CT molecular complexity index is 1550. The second-order valence-corrected chi connectivity index (χ2v) is 10.4. The number of nitro groups is 2. The van der Waals surface area contributed by atoms with Crippen molar-refractivity contribution in [2.24, 2.45) is 0 Å². The molecule has 1 N–H and O–H groups in total. The molecule has 0 amide bonds. The number of hydrogen-bond acceptors (Lipinski definition) is 10. The molecule has 1 fully saturated rings. The fourth-order valence-corrected chi connectivity index (χ4v) is 3.91. The molecule has 0 radical (unpaired) electrons. The molecule has 2 atom stereocenters. The van der Waals surface area contributed by atoms with Crippen LogP contribution in [0.25, 0.3) is 0 Å². The van der Waals surface area contributed by atoms with Gasteiger partial charge in [-0.2, -0.15) is 0 Å². The highest BCUT2D eigenvalue weighted by Crippen LogP contribution is 2.32. The first-order chi connectivity index (χ1) is 20.2. The van der Waals surface area contributed by atoms with Gasteiger partial charge in [-0.15, -0.1) is 0 Å². The van der Waals surface area contributed by atoms with E-state index in [-0.39, 0.29) is 52.5 Å². The molecule has 2 aromatic carbocycles. The van der Waals surface area contributed by atoms with Crippen LogP contribution in [-0.4, -0.2) is 58.5 Å². The molecule has 17 heteroatoms. The zero-order valence-corrected chi connectivity index (χ0v) is 23.5. The maximum atomic E-state index is 12.8. The number of aromatic hydroxyl groups is 1. The normalized spacial score (nSPS) is 19.6. The standard InChI is InChI=1S/C13H12FN3O4.C7H8ClN3O3.C6H5FO/c1-13(8-20-10-4-2-9(14)3-5-10)7-16-6-11(17(18)19)15-12(16)21-13;1-7(4-14-7)3-10-2-5(11(12)13)9-6(10)8;7-5-1-3-6(8)4-2-5/h2-6H,7-8H2,1H3;2H,3-4H2,1H3;1-4,8H/t13-;7-;/m11./s1. The third-order valence-electron chi connectivity index (χ3n) is 5.99. The van der Waals surface area contributed by atoms with Crippen molar-refractivity contribution in [1.82, 2.24) is 19.1 Å². The van der Waals surface area contributed by atoms with Gasteiger partial charge in [-0.05, 0) is 88.8 Å². The highest BCUT2D eigenvalue weighted by Gasteiger charge is 2.42. The summed E-state index contributed by atoms with van der Waals surface area (Å²) >= 11 is 5.71. The van der Waals surface area contributed by atoms with Gasteiger partial charge in [0.25, 0.3) is 0 Å². The fourth-order valence-electron chi connectivity index (χ4n) is 3.72. The number of benzene rings is 2. The van der Waals surface area contributed by atoms with Crippen molar-refractivity contribution in [2.75, 3.05) is 13.2 Å². The summed E-state index contributed by atoms with van der Waals surface area (Å²) in [6.45, 7) is 5.48. The van der Waals surface area contributed by atoms with Crippen LogP contribution in [0, 0.1) is 31.9 Å². The molecule has 4 heterocycles. The molecule has 0 bridgehead atoms. The number of ether oxygens (including phenoxy) is 3. The number of nitrogens with zero attached hydrogens (tertiary/aromatic N) is 6. The lowest BCUT2D eigenvalue weighted by atomic mass is 10.1. The van der Waals surface area contributed by atoms with E-state index >= 15 is 0 Å². The van der Waals surface area contributed by atoms with Gasteiger partial charge in [-0.3, -0.25) is 9.13 Å². The second-order valence-electron chi connectivity index (χ2n) is 10.0. The van der Waals surface area contributed by atoms with Crippen molar-refractivity contribution in [3.8, 4) is 17.5 Å². The van der Waals surface area contributed by atoms with Crippen LogP contribution < -0.4 is 9.47 Å². The van der Waals surface area contributed by atoms with E-state index in [1.165, 1.54) is 65.5 Å². The van der Waals surface area contributed by atoms with E-state index in [1.54, 1.807) is 4.57 Å². The number of phenolic OH excluding ortho intramolecular Hbond substituents is 1. The van der Waals surface area contributed by atoms with E-state index in [2.05, 4.69) is 9.97 Å². The lowest BCUT2D eigenvalue weighted by molar-refractivity contribution is -0.389. The van der Waals surface area contributed by atoms with Gasteiger partial charge in [0.15, 0.2) is 5.60 Å². The molecule has 2 aromatic heterocycles. The maximum absolute atomic E-state index is 12.8. The van der Waals surface area contributed by atoms with Crippen LogP contribution in [0.15, 0.2) is 60.9 Å². The topological polar surface area (TPSA) is 173 Å². The van der Waals surface area contributed by atoms with Gasteiger partial charge in [0.05, 0.1) is 19.7 Å². The van der Waals surface area contributed by atoms with Crippen LogP contribution in [0.2, 0.25) is 5.28 Å². The molecule has 0 aliphatic carbocycles. The number of rotatable bonds is 7. The molecular formula is C26H25ClF2N6O8. The van der Waals surface area contributed by atoms with Gasteiger partial charge >= 0.3 is 22.9 Å². The van der Waals surface area contributed by atoms with Crippen molar-refractivity contribution in [1.29, 1.82) is 0 Å². The van der Waals surface area contributed by atoms with Gasteiger partial charge in [0.1, 0.15) is 47.7 Å². The van der Waals surface area contributed by atoms with Crippen LogP contribution in [0.5, 0.6) is 17.5 Å². The third kappa shape index (κ3) is 8.59. The molecule has 2 aliphatic rings. The monoisotopic (exact) mass is 622 g/mol. The summed E-state index contributed by atoms with van der Waals surface area (Å²) in [5.74, 6) is -0.533. The summed E-state index contributed by atoms with van der Waals surface area (Å²) in [5.41, 5.74) is -0.913. The summed E-state index contributed by atoms with van der Waals surface area (Å²) in [6.07, 6.45) is 2.65. The summed E-state index contributed by atoms with van der Waals surface area (Å²) in [7, 11) is 0. The predicted octanol–water partition coefficient (Wildman–Crippen LogP) is 4.93. The third-order valence-corrected chi connectivity index (χ3v) is 6.29. The Balaban J connectivity index is 0.000000165. The largest absolute Gasteiger partial charge is 0.508 e. The van der Waals surface area contributed by atoms with E-state index in [1.807, 2.05) is 13.8 Å². The van der Waals surface area contributed by atoms with Crippen LogP contribution in [0.4, 0.5) is 20.4 Å². The Morgan fingerprint density at radius 3 is 2.02 bits per heavy atom. The Labute approximate surface area is 247 Å². The lowest BCUT2D eigenvalue weighted by Gasteiger charge is -2.22. The van der Waals surface area contributed by atoms with Crippen molar-refractivity contribution in [3.05, 3.63) is 98.1 Å². The Morgan fingerprint density at radius 1 is 0.977 bits per heavy atom. The van der Waals surface area contributed by atoms with Crippen LogP contribution >= 0.6 is 11.6 Å². The molecule has 6 rings (SSSR count). The summed E-state index contributed by atoms with van der Waals surface area (Å²) in [5, 5.41) is 29.7. The molecule has 228 valence electrons. The quantitative estimate of drug-likeness (QED) is 0.169. The molecule has 4 aromatic rings. The number of hydrogen-bond donors (Lipinski definition) is 1. The van der Waals surface area contributed by atoms with E-state index in [0.29, 0.717) is 25.4 Å². The Morgan fingerprint density at radius 2 is 1.53 bits per heavy atom. The first-order valence-corrected chi connectivity index (χ1v) is 12.9. The average Bonchev–Trinajstić information content (AvgIpc) is 3.22. The number of aromatic nitrogens is 4. The molecule has 0 saturated carbocycles. The Hall–Kier alpha value is -4.83. The number of fused-ring (bicyclic) bond motifs is 1. The van der Waals surface area contributed by atoms with Crippen molar-refractivity contribution in [3.63, 3.8) is 0 Å². The summed E-state index contributed by atoms with van der Waals surface area (Å²) in [4.78, 5) is 27.3. The molecule has 14 nitrogen and oxygen atoms in total. The van der Waals surface area contributed by atoms with E-state index in [9.17, 15) is 29.0 Å². The molecule has 1 saturated heterocycles. The zero-order chi connectivity index (χ0) is 31.4. The van der Waals surface area contributed by atoms with Crippen LogP contribution in [-0.2, 0) is 17.8 Å². The summed E-state index contributed by atoms with van der Waals surface area (Å²) in [6, 6.07) is 10.9. The number of phenols is 1. The number of halogens is 3. The van der Waals surface area contributed by atoms with Gasteiger partial charge < -0.3 is 39.5 Å². The fraction of sp³-hybridized carbons (Fsp3) is 0.308. The Kier molecular flexibility index (Phi) is 9.10. The lowest BCUT2D eigenvalue weighted by Crippen LogP contribution is -2.38. The first kappa shape index (κ1) is 31.1. The minimum atomic E-state index is -0.675. The number of epoxide rings is 1. The van der Waals surface area contributed by atoms with E-state index in [0.717, 1.165) is 0 Å². The molecule has 0 spiro atoms. The molecule has 0 unspecified atom stereocenters. The average molecular weight is 623 g/mol. The SMILES string of the molecule is C[C@@]1(Cn2cc([N+](=O)[O-])nc2Cl)CO1.C[C@]1(COc2ccc(F)cc2)Cn2cc([N+](=O)[O-])nc2O1.Oc1ccc(F)cc1. The smallest absolute Gasteiger partial charge is 0.415 e. The molecular weight excluding hydrogens is 598 g/mol. The van der Waals surface area contributed by atoms with Crippen molar-refractivity contribution < 1.29 is 37.9 Å². The van der Waals surface area contributed by atoms with Gasteiger partial charge in [0, 0.05) is 4.98 Å². The molecule has 2 aliphatic heterocycles. The highest BCUT2D eigenvalue weighted by atomic mass is 35.5. The van der Waals surface area contributed by atoms with Crippen molar-refractivity contribution in [2.45, 2.75) is 38.1 Å².